The molecule has 2 aromatic rings. The number of ketones is 4. The first-order chi connectivity index (χ1) is 46.2. The van der Waals surface area contributed by atoms with Gasteiger partial charge in [-0.1, -0.05) is 72.2 Å². The van der Waals surface area contributed by atoms with Crippen molar-refractivity contribution in [1.29, 1.82) is 0 Å². The molecule has 5 heterocycles. The molecule has 5 fully saturated rings. The van der Waals surface area contributed by atoms with Crippen LogP contribution >= 0.6 is 33.2 Å². The number of nitrogens with one attached hydrogen (secondary N) is 11. The molecule has 5 aliphatic rings. The van der Waals surface area contributed by atoms with Crippen LogP contribution in [0.4, 0.5) is 0 Å². The van der Waals surface area contributed by atoms with Crippen LogP contribution in [0.2, 0.25) is 5.02 Å². The van der Waals surface area contributed by atoms with Crippen molar-refractivity contribution in [2.75, 3.05) is 103 Å². The van der Waals surface area contributed by atoms with Gasteiger partial charge in [0.15, 0.2) is 23.1 Å². The van der Waals surface area contributed by atoms with E-state index in [0.29, 0.717) is 89.7 Å². The highest BCUT2D eigenvalue weighted by Crippen LogP contribution is 2.31. The molecule has 0 saturated carbocycles. The first-order valence-electron chi connectivity index (χ1n) is 33.6. The van der Waals surface area contributed by atoms with Crippen molar-refractivity contribution in [2.45, 2.75) is 146 Å². The average molecular weight is 1420 g/mol. The molecule has 17 N–H and O–H groups in total. The smallest absolute Gasteiger partial charge is 0.303 e. The minimum Gasteiger partial charge on any atom is -0.508 e. The van der Waals surface area contributed by atoms with Gasteiger partial charge in [0.2, 0.25) is 35.4 Å². The maximum atomic E-state index is 15.1. The monoisotopic (exact) mass is 1410 g/mol. The third-order valence-corrected chi connectivity index (χ3v) is 20.3. The van der Waals surface area contributed by atoms with Crippen molar-refractivity contribution in [2.24, 2.45) is 29.4 Å². The number of fused-ring (bicyclic) bond motifs is 16. The summed E-state index contributed by atoms with van der Waals surface area (Å²) < 4.78 is 0. The van der Waals surface area contributed by atoms with E-state index >= 15 is 4.79 Å². The van der Waals surface area contributed by atoms with Gasteiger partial charge in [0.05, 0.1) is 46.9 Å². The summed E-state index contributed by atoms with van der Waals surface area (Å²) in [6, 6.07) is 4.80. The van der Waals surface area contributed by atoms with E-state index in [1.165, 1.54) is 30.3 Å². The fourth-order valence-electron chi connectivity index (χ4n) is 12.3. The molecule has 2 aromatic carbocycles. The molecule has 0 radical (unpaired) electrons. The fraction of sp³-hybridized carbons (Fsp3) is 0.652. The Bertz CT molecular complexity index is 2980. The number of hydrogen-bond donors (Lipinski definition) is 16. The number of nitrogens with two attached hydrogens (primary N) is 1. The minimum atomic E-state index is -1.55. The number of carbonyl (C=O) groups excluding carboxylic acids is 10. The minimum absolute atomic E-state index is 0.0225. The van der Waals surface area contributed by atoms with Crippen molar-refractivity contribution in [1.82, 2.24) is 63.4 Å². The number of benzene rings is 2. The summed E-state index contributed by atoms with van der Waals surface area (Å²) in [7, 11) is 2.11. The van der Waals surface area contributed by atoms with E-state index in [1.54, 1.807) is 19.1 Å². The van der Waals surface area contributed by atoms with Crippen molar-refractivity contribution < 1.29 is 73.2 Å². The number of phenols is 2. The molecule has 28 nitrogen and oxygen atoms in total. The number of aliphatic hydroxyl groups is 1. The Morgan fingerprint density at radius 1 is 0.763 bits per heavy atom. The van der Waals surface area contributed by atoms with Gasteiger partial charge < -0.3 is 89.5 Å². The summed E-state index contributed by atoms with van der Waals surface area (Å²) >= 11 is 6.25. The molecule has 97 heavy (non-hydrogen) atoms. The molecule has 31 heteroatoms. The quantitative estimate of drug-likeness (QED) is 0.0653. The van der Waals surface area contributed by atoms with E-state index in [-0.39, 0.29) is 103 Å². The van der Waals surface area contributed by atoms with Crippen LogP contribution < -0.4 is 64.2 Å². The van der Waals surface area contributed by atoms with Gasteiger partial charge in [0.1, 0.15) is 17.5 Å². The highest BCUT2D eigenvalue weighted by Gasteiger charge is 2.44. The molecule has 6 amide bonds. The molecular weight excluding hydrogens is 1310 g/mol. The number of aliphatic carboxylic acids is 1. The fourth-order valence-corrected chi connectivity index (χ4v) is 14.9. The van der Waals surface area contributed by atoms with Gasteiger partial charge in [-0.05, 0) is 73.4 Å². The topological polar surface area (TPSA) is 430 Å². The van der Waals surface area contributed by atoms with Gasteiger partial charge in [-0.2, -0.15) is 0 Å². The van der Waals surface area contributed by atoms with Crippen LogP contribution in [-0.2, 0) is 65.6 Å². The lowest BCUT2D eigenvalue weighted by Crippen LogP contribution is -2.67. The third kappa shape index (κ3) is 27.0. The second-order valence-electron chi connectivity index (χ2n) is 26.4. The number of phenolic OH excluding ortho intramolecular Hbond substituents is 2. The van der Waals surface area contributed by atoms with Crippen LogP contribution in [0, 0.1) is 23.7 Å². The second kappa shape index (κ2) is 40.1. The number of nitrogens with zero attached hydrogens (tertiary/aromatic N) is 1. The normalized spacial score (nSPS) is 25.8. The van der Waals surface area contributed by atoms with Crippen LogP contribution in [0.5, 0.6) is 11.5 Å². The largest absolute Gasteiger partial charge is 0.508 e. The highest BCUT2D eigenvalue weighted by atomic mass is 35.5. The zero-order valence-corrected chi connectivity index (χ0v) is 58.1. The van der Waals surface area contributed by atoms with Crippen LogP contribution in [0.25, 0.3) is 0 Å². The summed E-state index contributed by atoms with van der Waals surface area (Å²) in [5.74, 6) is -11.7. The molecular formula is C66H100ClN13O15S2. The number of carbonyl (C=O) groups is 11. The second-order valence-corrected chi connectivity index (χ2v) is 29.4. The van der Waals surface area contributed by atoms with Gasteiger partial charge in [-0.15, -0.1) is 0 Å². The van der Waals surface area contributed by atoms with Crippen LogP contribution in [0.15, 0.2) is 42.5 Å². The van der Waals surface area contributed by atoms with Crippen LogP contribution in [0.1, 0.15) is 103 Å². The van der Waals surface area contributed by atoms with Crippen LogP contribution in [0.3, 0.4) is 0 Å². The number of rotatable bonds is 22. The number of halogens is 1. The van der Waals surface area contributed by atoms with Crippen molar-refractivity contribution in [3.63, 3.8) is 0 Å². The lowest BCUT2D eigenvalue weighted by Gasteiger charge is -2.37. The number of aromatic hydroxyl groups is 2. The SMILES string of the molecule is CCC(=O)[C@@H]1CSSC[C@H](NC(=O)[C@@H](CCC(=O)O)CC(=O)[C@H](Cc2ccc(O)cc2)NC(=O)CCCC(=O)NC23CNCCNCC(N)(CNCCNC2)CNCCNC3)C(=O)N2C[C@H](O)C[C@H]2C(=O)C[C@@H](Cc2ccc(O)c(Cl)c2)C(=O)NCC(=O)C[C@@H](CC(C)C)C(=O)N1. The maximum absolute atomic E-state index is 15.1. The Labute approximate surface area is 579 Å². The molecule has 2 bridgehead atoms. The first kappa shape index (κ1) is 79.7. The molecule has 0 unspecified atom stereocenters. The van der Waals surface area contributed by atoms with E-state index in [4.69, 9.17) is 17.3 Å². The van der Waals surface area contributed by atoms with Gasteiger partial charge in [0.25, 0.3) is 0 Å². The number of amides is 6. The molecule has 0 aromatic heterocycles. The van der Waals surface area contributed by atoms with Crippen molar-refractivity contribution >= 4 is 97.7 Å². The summed E-state index contributed by atoms with van der Waals surface area (Å²) in [6.07, 6.45) is -4.17. The summed E-state index contributed by atoms with van der Waals surface area (Å²) in [5, 5.41) is 76.3. The average Bonchev–Trinajstić information content (AvgIpc) is 1.70. The van der Waals surface area contributed by atoms with Crippen LogP contribution in [-0.4, -0.2) is 234 Å². The zero-order chi connectivity index (χ0) is 70.7. The Morgan fingerprint density at radius 3 is 1.96 bits per heavy atom. The van der Waals surface area contributed by atoms with Gasteiger partial charge in [-0.3, -0.25) is 52.7 Å². The van der Waals surface area contributed by atoms with E-state index < -0.39 is 151 Å². The Kier molecular flexibility index (Phi) is 32.9. The predicted octanol–water partition coefficient (Wildman–Crippen LogP) is -0.632. The molecule has 7 rings (SSSR count). The van der Waals surface area contributed by atoms with E-state index in [0.717, 1.165) is 26.5 Å². The van der Waals surface area contributed by atoms with Gasteiger partial charge in [0, 0.05) is 166 Å². The molecule has 8 atom stereocenters. The number of Topliss-reactive ketones (excluding diaryl/α,β-unsaturated/α-hetero) is 4. The van der Waals surface area contributed by atoms with E-state index in [9.17, 15) is 68.4 Å². The summed E-state index contributed by atoms with van der Waals surface area (Å²) in [5.41, 5.74) is 6.42. The molecule has 0 aliphatic carbocycles. The number of carboxylic acids is 1. The lowest BCUT2D eigenvalue weighted by molar-refractivity contribution is -0.142. The van der Waals surface area contributed by atoms with E-state index in [1.807, 2.05) is 13.8 Å². The predicted molar refractivity (Wildman–Crippen MR) is 368 cm³/mol. The molecule has 5 saturated heterocycles. The lowest BCUT2D eigenvalue weighted by atomic mass is 9.89. The summed E-state index contributed by atoms with van der Waals surface area (Å²) in [4.78, 5) is 156. The van der Waals surface area contributed by atoms with Gasteiger partial charge >= 0.3 is 5.97 Å². The number of carboxylic acid groups (broad SMARTS) is 1. The summed E-state index contributed by atoms with van der Waals surface area (Å²) in [6.45, 7) is 11.2. The zero-order valence-electron chi connectivity index (χ0n) is 55.7. The maximum Gasteiger partial charge on any atom is 0.303 e. The van der Waals surface area contributed by atoms with Crippen molar-refractivity contribution in [3.8, 4) is 11.5 Å². The third-order valence-electron chi connectivity index (χ3n) is 17.6. The Balaban J connectivity index is 1.23. The van der Waals surface area contributed by atoms with Gasteiger partial charge in [-0.25, -0.2) is 0 Å². The Hall–Kier alpha value is -6.32. The first-order valence-corrected chi connectivity index (χ1v) is 36.4. The molecule has 538 valence electrons. The van der Waals surface area contributed by atoms with E-state index in [2.05, 4.69) is 58.5 Å². The standard InChI is InChI=1S/C66H100ClN13O15S2/c1-4-54(84)51-32-96-97-33-52(64(95)80-31-48(83)29-53(80)57(87)28-45(23-42-10-14-55(85)49(67)24-42)61(92)75-30-47(82)26-44(22-40(2)3)63(94)77-51)78-62(93)43(11-15-60(90)91)27-56(86)50(25-41-8-12-46(81)13-9-41)76-58(88)6-5-7-59(89)79-66-37-72-19-16-69-34-65(68,35-70-17-20-73-38-66)36-71-18-21-74-39-66/h8-10,12-14,24,40,43-45,48,50-53,69-74,81,83,85H,4-7,11,15-23,25-39,68H2,1-3H3,(H,75,92)(H,76,88)(H,77,94)(H,78,93)(H,79,89)(H,90,91)/t43-,44+,45+,48+,50-,51-,52-,53-,65?,66?/m0/s1. The molecule has 0 spiro atoms. The Morgan fingerprint density at radius 2 is 1.36 bits per heavy atom. The number of hydrogen-bond acceptors (Lipinski definition) is 23. The number of aliphatic hydroxyl groups excluding tert-OH is 1. The van der Waals surface area contributed by atoms with Crippen molar-refractivity contribution in [3.05, 3.63) is 58.6 Å². The highest BCUT2D eigenvalue weighted by molar-refractivity contribution is 8.76. The molecule has 5 aliphatic heterocycles.